The molecule has 2 aromatic rings. The van der Waals surface area contributed by atoms with E-state index in [-0.39, 0.29) is 30.3 Å². The highest BCUT2D eigenvalue weighted by molar-refractivity contribution is 7.89. The molecule has 0 aliphatic rings. The van der Waals surface area contributed by atoms with Crippen molar-refractivity contribution in [2.45, 2.75) is 18.4 Å². The van der Waals surface area contributed by atoms with Crippen LogP contribution in [0.2, 0.25) is 0 Å². The van der Waals surface area contributed by atoms with Gasteiger partial charge in [-0.3, -0.25) is 15.1 Å². The molecule has 0 N–H and O–H groups in total. The number of nitrogens with zero attached hydrogens (tertiary/aromatic N) is 3. The topological polar surface area (TPSA) is 103 Å². The van der Waals surface area contributed by atoms with Gasteiger partial charge in [0.25, 0.3) is 5.69 Å². The van der Waals surface area contributed by atoms with Gasteiger partial charge in [-0.2, -0.15) is 4.31 Å². The lowest BCUT2D eigenvalue weighted by Gasteiger charge is -2.22. The van der Waals surface area contributed by atoms with Crippen molar-refractivity contribution < 1.29 is 18.1 Å². The maximum atomic E-state index is 13.0. The van der Waals surface area contributed by atoms with E-state index in [2.05, 4.69) is 4.98 Å². The highest BCUT2D eigenvalue weighted by Crippen LogP contribution is 2.25. The first-order chi connectivity index (χ1) is 11.9. The van der Waals surface area contributed by atoms with Gasteiger partial charge in [0, 0.05) is 44.7 Å². The Morgan fingerprint density at radius 2 is 2.08 bits per heavy atom. The fourth-order valence-corrected chi connectivity index (χ4v) is 3.97. The van der Waals surface area contributed by atoms with Gasteiger partial charge in [0.1, 0.15) is 0 Å². The Morgan fingerprint density at radius 1 is 1.32 bits per heavy atom. The minimum Gasteiger partial charge on any atom is -0.383 e. The molecule has 0 amide bonds. The van der Waals surface area contributed by atoms with E-state index >= 15 is 0 Å². The number of sulfonamides is 1. The third-order valence-corrected chi connectivity index (χ3v) is 5.62. The molecule has 1 aromatic carbocycles. The molecular formula is C16H19N3O5S. The van der Waals surface area contributed by atoms with Gasteiger partial charge in [-0.25, -0.2) is 8.42 Å². The quantitative estimate of drug-likeness (QED) is 0.524. The van der Waals surface area contributed by atoms with Crippen LogP contribution in [0.25, 0.3) is 0 Å². The molecule has 0 saturated carbocycles. The van der Waals surface area contributed by atoms with E-state index in [0.29, 0.717) is 5.56 Å². The van der Waals surface area contributed by atoms with E-state index in [1.54, 1.807) is 31.5 Å². The first-order valence-corrected chi connectivity index (χ1v) is 8.93. The second-order valence-electron chi connectivity index (χ2n) is 5.40. The summed E-state index contributed by atoms with van der Waals surface area (Å²) in [5, 5.41) is 10.9. The van der Waals surface area contributed by atoms with Crippen molar-refractivity contribution in [3.8, 4) is 0 Å². The number of hydrogen-bond donors (Lipinski definition) is 0. The van der Waals surface area contributed by atoms with Gasteiger partial charge in [-0.15, -0.1) is 0 Å². The largest absolute Gasteiger partial charge is 0.383 e. The predicted molar refractivity (Wildman–Crippen MR) is 91.5 cm³/mol. The van der Waals surface area contributed by atoms with Crippen molar-refractivity contribution in [2.24, 2.45) is 0 Å². The number of aryl methyl sites for hydroxylation is 1. The summed E-state index contributed by atoms with van der Waals surface area (Å²) in [6.45, 7) is 2.06. The van der Waals surface area contributed by atoms with Crippen LogP contribution in [0.3, 0.4) is 0 Å². The first kappa shape index (κ1) is 19.0. The van der Waals surface area contributed by atoms with Crippen LogP contribution in [0.5, 0.6) is 0 Å². The molecule has 0 aliphatic heterocycles. The van der Waals surface area contributed by atoms with Crippen molar-refractivity contribution in [1.82, 2.24) is 9.29 Å². The molecule has 0 aliphatic carbocycles. The molecule has 0 saturated heterocycles. The second-order valence-corrected chi connectivity index (χ2v) is 7.31. The maximum Gasteiger partial charge on any atom is 0.269 e. The number of hydrogen-bond acceptors (Lipinski definition) is 6. The summed E-state index contributed by atoms with van der Waals surface area (Å²) in [6, 6.07) is 7.23. The number of methoxy groups -OCH3 is 1. The predicted octanol–water partition coefficient (Wildman–Crippen LogP) is 2.14. The molecule has 0 bridgehead atoms. The van der Waals surface area contributed by atoms with Gasteiger partial charge in [-0.05, 0) is 30.2 Å². The van der Waals surface area contributed by atoms with Crippen LogP contribution in [0.15, 0.2) is 47.6 Å². The molecule has 0 radical (unpaired) electrons. The number of rotatable bonds is 8. The van der Waals surface area contributed by atoms with Crippen molar-refractivity contribution in [1.29, 1.82) is 0 Å². The molecule has 1 aromatic heterocycles. The lowest BCUT2D eigenvalue weighted by Crippen LogP contribution is -2.34. The zero-order chi connectivity index (χ0) is 18.4. The van der Waals surface area contributed by atoms with Gasteiger partial charge >= 0.3 is 0 Å². The summed E-state index contributed by atoms with van der Waals surface area (Å²) in [4.78, 5) is 14.3. The number of nitro groups is 1. The molecule has 0 atom stereocenters. The van der Waals surface area contributed by atoms with Crippen LogP contribution in [-0.2, 0) is 21.3 Å². The Labute approximate surface area is 146 Å². The van der Waals surface area contributed by atoms with E-state index in [1.165, 1.54) is 29.6 Å². The first-order valence-electron chi connectivity index (χ1n) is 7.49. The average Bonchev–Trinajstić information content (AvgIpc) is 2.58. The number of aromatic nitrogens is 1. The number of ether oxygens (including phenoxy) is 1. The van der Waals surface area contributed by atoms with E-state index in [0.717, 1.165) is 5.56 Å². The van der Waals surface area contributed by atoms with Crippen LogP contribution in [0, 0.1) is 17.0 Å². The monoisotopic (exact) mass is 365 g/mol. The SMILES string of the molecule is COCCN(Cc1cccnc1)S(=O)(=O)c1ccc([N+](=O)[O-])cc1C. The Hall–Kier alpha value is -2.36. The number of benzene rings is 1. The molecule has 8 nitrogen and oxygen atoms in total. The summed E-state index contributed by atoms with van der Waals surface area (Å²) in [6.07, 6.45) is 3.20. The molecule has 0 spiro atoms. The van der Waals surface area contributed by atoms with Gasteiger partial charge < -0.3 is 4.74 Å². The van der Waals surface area contributed by atoms with Crippen molar-refractivity contribution >= 4 is 15.7 Å². The number of pyridine rings is 1. The Morgan fingerprint density at radius 3 is 2.64 bits per heavy atom. The molecule has 0 fully saturated rings. The molecule has 134 valence electrons. The van der Waals surface area contributed by atoms with Crippen LogP contribution in [0.1, 0.15) is 11.1 Å². The summed E-state index contributed by atoms with van der Waals surface area (Å²) in [7, 11) is -2.35. The smallest absolute Gasteiger partial charge is 0.269 e. The lowest BCUT2D eigenvalue weighted by atomic mass is 10.2. The average molecular weight is 365 g/mol. The van der Waals surface area contributed by atoms with E-state index in [4.69, 9.17) is 4.74 Å². The number of non-ortho nitro benzene ring substituents is 1. The summed E-state index contributed by atoms with van der Waals surface area (Å²) >= 11 is 0. The van der Waals surface area contributed by atoms with E-state index in [1.807, 2.05) is 0 Å². The van der Waals surface area contributed by atoms with E-state index in [9.17, 15) is 18.5 Å². The van der Waals surface area contributed by atoms with E-state index < -0.39 is 14.9 Å². The molecule has 0 unspecified atom stereocenters. The highest BCUT2D eigenvalue weighted by atomic mass is 32.2. The fraction of sp³-hybridized carbons (Fsp3) is 0.312. The standard InChI is InChI=1S/C16H19N3O5S/c1-13-10-15(19(20)21)5-6-16(13)25(22,23)18(8-9-24-2)12-14-4-3-7-17-11-14/h3-7,10-11H,8-9,12H2,1-2H3. The number of nitro benzene ring substituents is 1. The Balaban J connectivity index is 2.38. The van der Waals surface area contributed by atoms with Gasteiger partial charge in [-0.1, -0.05) is 6.07 Å². The summed E-state index contributed by atoms with van der Waals surface area (Å²) in [5.74, 6) is 0. The fourth-order valence-electron chi connectivity index (χ4n) is 2.35. The molecule has 25 heavy (non-hydrogen) atoms. The van der Waals surface area contributed by atoms with Crippen molar-refractivity contribution in [3.63, 3.8) is 0 Å². The van der Waals surface area contributed by atoms with Crippen molar-refractivity contribution in [2.75, 3.05) is 20.3 Å². The van der Waals surface area contributed by atoms with Crippen molar-refractivity contribution in [3.05, 3.63) is 64.0 Å². The third kappa shape index (κ3) is 4.59. The van der Waals surface area contributed by atoms with Gasteiger partial charge in [0.2, 0.25) is 10.0 Å². The summed E-state index contributed by atoms with van der Waals surface area (Å²) in [5.41, 5.74) is 0.914. The second kappa shape index (κ2) is 8.15. The van der Waals surface area contributed by atoms with Crippen LogP contribution in [-0.4, -0.2) is 42.9 Å². The Bertz CT molecular complexity index is 840. The molecule has 9 heteroatoms. The lowest BCUT2D eigenvalue weighted by molar-refractivity contribution is -0.385. The Kier molecular flexibility index (Phi) is 6.18. The zero-order valence-corrected chi connectivity index (χ0v) is 14.8. The van der Waals surface area contributed by atoms with Gasteiger partial charge in [0.15, 0.2) is 0 Å². The summed E-state index contributed by atoms with van der Waals surface area (Å²) < 4.78 is 32.3. The minimum atomic E-state index is -3.84. The molecular weight excluding hydrogens is 346 g/mol. The minimum absolute atomic E-state index is 0.0399. The molecule has 2 rings (SSSR count). The normalized spacial score (nSPS) is 11.6. The van der Waals surface area contributed by atoms with Crippen LogP contribution in [0.4, 0.5) is 5.69 Å². The zero-order valence-electron chi connectivity index (χ0n) is 14.0. The van der Waals surface area contributed by atoms with Crippen LogP contribution >= 0.6 is 0 Å². The third-order valence-electron chi connectivity index (χ3n) is 3.61. The van der Waals surface area contributed by atoms with Crippen LogP contribution < -0.4 is 0 Å². The highest BCUT2D eigenvalue weighted by Gasteiger charge is 2.27. The molecule has 1 heterocycles. The van der Waals surface area contributed by atoms with Gasteiger partial charge in [0.05, 0.1) is 16.4 Å². The maximum absolute atomic E-state index is 13.0.